The number of unbranched alkanes of at least 4 members (excludes halogenated alkanes) is 1. The first-order valence-electron chi connectivity index (χ1n) is 6.41. The molecule has 0 aromatic carbocycles. The molecule has 0 saturated heterocycles. The predicted octanol–water partition coefficient (Wildman–Crippen LogP) is 3.45. The minimum Gasteiger partial charge on any atom is -0.356 e. The highest BCUT2D eigenvalue weighted by molar-refractivity contribution is 5.28. The van der Waals surface area contributed by atoms with Crippen LogP contribution in [-0.2, 0) is 6.54 Å². The van der Waals surface area contributed by atoms with Crippen LogP contribution in [0.5, 0.6) is 0 Å². The highest BCUT2D eigenvalue weighted by atomic mass is 15.2. The molecule has 0 saturated carbocycles. The molecule has 0 aliphatic rings. The van der Waals surface area contributed by atoms with Gasteiger partial charge in [-0.25, -0.2) is 4.98 Å². The molecule has 92 valence electrons. The van der Waals surface area contributed by atoms with E-state index >= 15 is 0 Å². The standard InChI is InChI=1S/C13H25N3/c1-5-16-10-12(4)15-13(16)14-9-7-6-8-11(2)3/h10-11H,5-9H2,1-4H3,(H,14,15). The largest absolute Gasteiger partial charge is 0.356 e. The molecule has 1 aromatic heterocycles. The van der Waals surface area contributed by atoms with E-state index in [1.54, 1.807) is 0 Å². The number of aromatic nitrogens is 2. The summed E-state index contributed by atoms with van der Waals surface area (Å²) in [5.74, 6) is 1.84. The Morgan fingerprint density at radius 2 is 2.12 bits per heavy atom. The number of anilines is 1. The molecule has 0 atom stereocenters. The van der Waals surface area contributed by atoms with E-state index in [-0.39, 0.29) is 0 Å². The van der Waals surface area contributed by atoms with Gasteiger partial charge in [0.25, 0.3) is 0 Å². The molecule has 1 rings (SSSR count). The van der Waals surface area contributed by atoms with Gasteiger partial charge in [-0.2, -0.15) is 0 Å². The lowest BCUT2D eigenvalue weighted by Gasteiger charge is -2.08. The van der Waals surface area contributed by atoms with E-state index < -0.39 is 0 Å². The van der Waals surface area contributed by atoms with Crippen LogP contribution in [0.1, 0.15) is 45.7 Å². The topological polar surface area (TPSA) is 29.9 Å². The van der Waals surface area contributed by atoms with Gasteiger partial charge in [-0.05, 0) is 26.2 Å². The SMILES string of the molecule is CCn1cc(C)nc1NCCCCC(C)C. The molecule has 3 heteroatoms. The zero-order chi connectivity index (χ0) is 12.0. The van der Waals surface area contributed by atoms with Crippen LogP contribution in [0.4, 0.5) is 5.95 Å². The summed E-state index contributed by atoms with van der Waals surface area (Å²) in [5.41, 5.74) is 1.09. The van der Waals surface area contributed by atoms with Crippen molar-refractivity contribution < 1.29 is 0 Å². The highest BCUT2D eigenvalue weighted by Gasteiger charge is 2.02. The molecule has 1 aromatic rings. The molecule has 3 nitrogen and oxygen atoms in total. The molecular formula is C13H25N3. The van der Waals surface area contributed by atoms with Crippen molar-refractivity contribution in [1.29, 1.82) is 0 Å². The van der Waals surface area contributed by atoms with Gasteiger partial charge >= 0.3 is 0 Å². The first kappa shape index (κ1) is 13.1. The minimum absolute atomic E-state index is 0.819. The first-order valence-corrected chi connectivity index (χ1v) is 6.41. The fraction of sp³-hybridized carbons (Fsp3) is 0.769. The molecule has 0 amide bonds. The maximum absolute atomic E-state index is 4.47. The Labute approximate surface area is 99.3 Å². The Balaban J connectivity index is 2.26. The second kappa shape index (κ2) is 6.56. The average Bonchev–Trinajstić information content (AvgIpc) is 2.58. The van der Waals surface area contributed by atoms with Crippen LogP contribution in [0.15, 0.2) is 6.20 Å². The van der Waals surface area contributed by atoms with Crippen molar-refractivity contribution in [2.75, 3.05) is 11.9 Å². The predicted molar refractivity (Wildman–Crippen MR) is 69.8 cm³/mol. The molecule has 0 spiro atoms. The fourth-order valence-electron chi connectivity index (χ4n) is 1.81. The molecule has 0 fully saturated rings. The second-order valence-corrected chi connectivity index (χ2v) is 4.81. The summed E-state index contributed by atoms with van der Waals surface area (Å²) in [6, 6.07) is 0. The monoisotopic (exact) mass is 223 g/mol. The zero-order valence-corrected chi connectivity index (χ0v) is 11.1. The van der Waals surface area contributed by atoms with E-state index in [4.69, 9.17) is 0 Å². The number of imidazole rings is 1. The molecule has 0 aliphatic heterocycles. The van der Waals surface area contributed by atoms with Gasteiger partial charge in [0, 0.05) is 19.3 Å². The van der Waals surface area contributed by atoms with Crippen molar-refractivity contribution in [2.24, 2.45) is 5.92 Å². The maximum Gasteiger partial charge on any atom is 0.203 e. The summed E-state index contributed by atoms with van der Waals surface area (Å²) in [6.45, 7) is 10.8. The van der Waals surface area contributed by atoms with E-state index in [1.807, 2.05) is 6.92 Å². The van der Waals surface area contributed by atoms with Crippen LogP contribution < -0.4 is 5.32 Å². The highest BCUT2D eigenvalue weighted by Crippen LogP contribution is 2.10. The quantitative estimate of drug-likeness (QED) is 0.717. The Morgan fingerprint density at radius 3 is 2.75 bits per heavy atom. The Bertz CT molecular complexity index is 302. The van der Waals surface area contributed by atoms with Gasteiger partial charge in [0.2, 0.25) is 5.95 Å². The van der Waals surface area contributed by atoms with Crippen LogP contribution in [0.3, 0.4) is 0 Å². The minimum atomic E-state index is 0.819. The lowest BCUT2D eigenvalue weighted by molar-refractivity contribution is 0.544. The number of nitrogens with one attached hydrogen (secondary N) is 1. The lowest BCUT2D eigenvalue weighted by atomic mass is 10.1. The van der Waals surface area contributed by atoms with Crippen molar-refractivity contribution in [3.05, 3.63) is 11.9 Å². The lowest BCUT2D eigenvalue weighted by Crippen LogP contribution is -2.08. The van der Waals surface area contributed by atoms with Crippen LogP contribution >= 0.6 is 0 Å². The van der Waals surface area contributed by atoms with Crippen molar-refractivity contribution in [3.63, 3.8) is 0 Å². The van der Waals surface area contributed by atoms with E-state index in [1.165, 1.54) is 19.3 Å². The Morgan fingerprint density at radius 1 is 1.38 bits per heavy atom. The third-order valence-corrected chi connectivity index (χ3v) is 2.73. The summed E-state index contributed by atoms with van der Waals surface area (Å²) >= 11 is 0. The van der Waals surface area contributed by atoms with Crippen molar-refractivity contribution >= 4 is 5.95 Å². The summed E-state index contributed by atoms with van der Waals surface area (Å²) in [6.07, 6.45) is 5.95. The fourth-order valence-corrected chi connectivity index (χ4v) is 1.81. The van der Waals surface area contributed by atoms with E-state index in [0.29, 0.717) is 0 Å². The second-order valence-electron chi connectivity index (χ2n) is 4.81. The van der Waals surface area contributed by atoms with Gasteiger partial charge in [-0.15, -0.1) is 0 Å². The summed E-state index contributed by atoms with van der Waals surface area (Å²) in [5, 5.41) is 3.41. The zero-order valence-electron chi connectivity index (χ0n) is 11.1. The number of hydrogen-bond donors (Lipinski definition) is 1. The van der Waals surface area contributed by atoms with Crippen molar-refractivity contribution in [3.8, 4) is 0 Å². The van der Waals surface area contributed by atoms with Gasteiger partial charge in [0.15, 0.2) is 0 Å². The number of hydrogen-bond acceptors (Lipinski definition) is 2. The average molecular weight is 223 g/mol. The summed E-state index contributed by atoms with van der Waals surface area (Å²) in [4.78, 5) is 4.47. The maximum atomic E-state index is 4.47. The summed E-state index contributed by atoms with van der Waals surface area (Å²) in [7, 11) is 0. The normalized spacial score (nSPS) is 11.1. The van der Waals surface area contributed by atoms with E-state index in [9.17, 15) is 0 Å². The molecule has 0 radical (unpaired) electrons. The first-order chi connectivity index (χ1) is 7.63. The van der Waals surface area contributed by atoms with E-state index in [2.05, 4.69) is 41.8 Å². The van der Waals surface area contributed by atoms with Crippen LogP contribution in [-0.4, -0.2) is 16.1 Å². The van der Waals surface area contributed by atoms with Crippen molar-refractivity contribution in [2.45, 2.75) is 53.5 Å². The molecule has 0 unspecified atom stereocenters. The molecule has 1 heterocycles. The Kier molecular flexibility index (Phi) is 5.36. The van der Waals surface area contributed by atoms with Gasteiger partial charge in [0.1, 0.15) is 0 Å². The molecule has 1 N–H and O–H groups in total. The molecular weight excluding hydrogens is 198 g/mol. The summed E-state index contributed by atoms with van der Waals surface area (Å²) < 4.78 is 2.16. The number of nitrogens with zero attached hydrogens (tertiary/aromatic N) is 2. The third kappa shape index (κ3) is 4.25. The molecule has 0 aliphatic carbocycles. The van der Waals surface area contributed by atoms with Crippen LogP contribution in [0, 0.1) is 12.8 Å². The van der Waals surface area contributed by atoms with E-state index in [0.717, 1.165) is 30.6 Å². The van der Waals surface area contributed by atoms with Gasteiger partial charge in [0.05, 0.1) is 5.69 Å². The van der Waals surface area contributed by atoms with Gasteiger partial charge in [-0.1, -0.05) is 26.7 Å². The van der Waals surface area contributed by atoms with Crippen LogP contribution in [0.25, 0.3) is 0 Å². The molecule has 0 bridgehead atoms. The Hall–Kier alpha value is -0.990. The molecule has 16 heavy (non-hydrogen) atoms. The van der Waals surface area contributed by atoms with Gasteiger partial charge < -0.3 is 9.88 Å². The van der Waals surface area contributed by atoms with Crippen LogP contribution in [0.2, 0.25) is 0 Å². The third-order valence-electron chi connectivity index (χ3n) is 2.73. The number of rotatable bonds is 7. The van der Waals surface area contributed by atoms with Gasteiger partial charge in [-0.3, -0.25) is 0 Å². The smallest absolute Gasteiger partial charge is 0.203 e. The number of aryl methyl sites for hydroxylation is 2. The van der Waals surface area contributed by atoms with Crippen molar-refractivity contribution in [1.82, 2.24) is 9.55 Å².